The summed E-state index contributed by atoms with van der Waals surface area (Å²) in [5.41, 5.74) is 0.0794. The van der Waals surface area contributed by atoms with Gasteiger partial charge in [-0.1, -0.05) is 11.6 Å². The van der Waals surface area contributed by atoms with Gasteiger partial charge in [-0.05, 0) is 38.1 Å². The maximum Gasteiger partial charge on any atom is 0.270 e. The van der Waals surface area contributed by atoms with Gasteiger partial charge in [-0.25, -0.2) is 5.06 Å². The molecule has 0 saturated heterocycles. The zero-order chi connectivity index (χ0) is 13.1. The van der Waals surface area contributed by atoms with E-state index in [4.69, 9.17) is 16.4 Å². The number of carbonyl (C=O) groups is 1. The number of likely N-dealkylation sites (N-methyl/N-ethyl adjacent to an activating group) is 1. The van der Waals surface area contributed by atoms with Crippen LogP contribution in [0.2, 0.25) is 5.02 Å². The Kier molecular flexibility index (Phi) is 4.37. The molecule has 1 aromatic carbocycles. The lowest BCUT2D eigenvalue weighted by molar-refractivity contribution is -0.172. The summed E-state index contributed by atoms with van der Waals surface area (Å²) in [4.78, 5) is 16.9. The molecule has 5 heteroatoms. The number of nitrogens with one attached hydrogen (secondary N) is 1. The van der Waals surface area contributed by atoms with Gasteiger partial charge in [0.25, 0.3) is 5.91 Å². The maximum absolute atomic E-state index is 12.0. The predicted molar refractivity (Wildman–Crippen MR) is 68.9 cm³/mol. The van der Waals surface area contributed by atoms with Gasteiger partial charge in [0, 0.05) is 17.8 Å². The highest BCUT2D eigenvalue weighted by atomic mass is 35.5. The van der Waals surface area contributed by atoms with Gasteiger partial charge in [0.05, 0.1) is 7.11 Å². The van der Waals surface area contributed by atoms with E-state index in [-0.39, 0.29) is 5.91 Å². The predicted octanol–water partition coefficient (Wildman–Crippen LogP) is 2.55. The highest BCUT2D eigenvalue weighted by Crippen LogP contribution is 2.19. The Balaban J connectivity index is 2.78. The first kappa shape index (κ1) is 13.8. The highest BCUT2D eigenvalue weighted by Gasteiger charge is 2.30. The zero-order valence-electron chi connectivity index (χ0n) is 10.5. The monoisotopic (exact) mass is 256 g/mol. The molecule has 0 heterocycles. The lowest BCUT2D eigenvalue weighted by Gasteiger charge is -2.29. The molecule has 94 valence electrons. The third-order valence-electron chi connectivity index (χ3n) is 2.40. The number of hydroxylamine groups is 2. The fourth-order valence-electron chi connectivity index (χ4n) is 1.42. The van der Waals surface area contributed by atoms with Crippen molar-refractivity contribution in [1.82, 2.24) is 5.06 Å². The molecule has 1 amide bonds. The molecule has 0 aromatic heterocycles. The summed E-state index contributed by atoms with van der Waals surface area (Å²) in [7, 11) is 3.03. The van der Waals surface area contributed by atoms with Gasteiger partial charge in [0.2, 0.25) is 0 Å². The quantitative estimate of drug-likeness (QED) is 0.842. The summed E-state index contributed by atoms with van der Waals surface area (Å²) in [5.74, 6) is -0.157. The third kappa shape index (κ3) is 3.61. The van der Waals surface area contributed by atoms with Gasteiger partial charge in [0.1, 0.15) is 5.54 Å². The molecule has 1 rings (SSSR count). The second-order valence-corrected chi connectivity index (χ2v) is 4.68. The molecule has 17 heavy (non-hydrogen) atoms. The van der Waals surface area contributed by atoms with E-state index in [1.807, 2.05) is 12.1 Å². The molecule has 1 N–H and O–H groups in total. The van der Waals surface area contributed by atoms with Crippen LogP contribution in [0.4, 0.5) is 5.69 Å². The van der Waals surface area contributed by atoms with Crippen molar-refractivity contribution in [2.75, 3.05) is 19.5 Å². The molecule has 0 radical (unpaired) electrons. The van der Waals surface area contributed by atoms with Crippen LogP contribution in [0.3, 0.4) is 0 Å². The van der Waals surface area contributed by atoms with E-state index in [1.54, 1.807) is 33.0 Å². The number of rotatable bonds is 4. The molecule has 0 fully saturated rings. The summed E-state index contributed by atoms with van der Waals surface area (Å²) < 4.78 is 0. The lowest BCUT2D eigenvalue weighted by Crippen LogP contribution is -2.48. The van der Waals surface area contributed by atoms with E-state index in [0.717, 1.165) is 5.69 Å². The van der Waals surface area contributed by atoms with Gasteiger partial charge in [-0.15, -0.1) is 0 Å². The fraction of sp³-hybridized carbons (Fsp3) is 0.417. The first-order valence-corrected chi connectivity index (χ1v) is 5.60. The molecular weight excluding hydrogens is 240 g/mol. The minimum atomic E-state index is -0.751. The molecule has 0 bridgehead atoms. The second-order valence-electron chi connectivity index (χ2n) is 4.24. The Morgan fingerprint density at radius 2 is 1.88 bits per heavy atom. The minimum Gasteiger partial charge on any atom is -0.372 e. The number of benzene rings is 1. The number of halogens is 1. The van der Waals surface area contributed by atoms with Crippen molar-refractivity contribution < 1.29 is 9.63 Å². The summed E-state index contributed by atoms with van der Waals surface area (Å²) in [5, 5.41) is 4.99. The van der Waals surface area contributed by atoms with Gasteiger partial charge >= 0.3 is 0 Å². The van der Waals surface area contributed by atoms with Crippen LogP contribution in [-0.2, 0) is 9.63 Å². The molecule has 0 saturated carbocycles. The molecule has 0 atom stereocenters. The Morgan fingerprint density at radius 1 is 1.35 bits per heavy atom. The molecule has 0 aliphatic rings. The Bertz CT molecular complexity index is 390. The molecule has 1 aromatic rings. The molecule has 0 unspecified atom stereocenters. The van der Waals surface area contributed by atoms with Crippen LogP contribution in [0, 0.1) is 0 Å². The zero-order valence-corrected chi connectivity index (χ0v) is 11.2. The SMILES string of the molecule is CON(C)C(=O)C(C)(C)Nc1ccc(Cl)cc1. The molecule has 0 aliphatic heterocycles. The van der Waals surface area contributed by atoms with Crippen molar-refractivity contribution in [1.29, 1.82) is 0 Å². The van der Waals surface area contributed by atoms with E-state index in [9.17, 15) is 4.79 Å². The average Bonchev–Trinajstić information content (AvgIpc) is 2.30. The van der Waals surface area contributed by atoms with E-state index in [2.05, 4.69) is 5.32 Å². The minimum absolute atomic E-state index is 0.157. The summed E-state index contributed by atoms with van der Waals surface area (Å²) in [6.45, 7) is 3.58. The van der Waals surface area contributed by atoms with E-state index >= 15 is 0 Å². The van der Waals surface area contributed by atoms with Crippen molar-refractivity contribution in [3.63, 3.8) is 0 Å². The molecular formula is C12H17ClN2O2. The van der Waals surface area contributed by atoms with Crippen molar-refractivity contribution >= 4 is 23.2 Å². The van der Waals surface area contributed by atoms with Crippen LogP contribution in [0.1, 0.15) is 13.8 Å². The first-order valence-electron chi connectivity index (χ1n) is 5.23. The standard InChI is InChI=1S/C12H17ClN2O2/c1-12(2,11(16)15(3)17-4)14-10-7-5-9(13)6-8-10/h5-8,14H,1-4H3. The summed E-state index contributed by atoms with van der Waals surface area (Å²) in [6, 6.07) is 7.18. The second kappa shape index (κ2) is 5.38. The average molecular weight is 257 g/mol. The lowest BCUT2D eigenvalue weighted by atomic mass is 10.0. The highest BCUT2D eigenvalue weighted by molar-refractivity contribution is 6.30. The Labute approximate surface area is 106 Å². The van der Waals surface area contributed by atoms with Crippen molar-refractivity contribution in [3.8, 4) is 0 Å². The van der Waals surface area contributed by atoms with Crippen LogP contribution in [0.25, 0.3) is 0 Å². The first-order chi connectivity index (χ1) is 7.86. The largest absolute Gasteiger partial charge is 0.372 e. The Hall–Kier alpha value is -1.26. The van der Waals surface area contributed by atoms with Gasteiger partial charge < -0.3 is 5.32 Å². The maximum atomic E-state index is 12.0. The van der Waals surface area contributed by atoms with E-state index in [1.165, 1.54) is 12.2 Å². The van der Waals surface area contributed by atoms with Gasteiger partial charge in [-0.3, -0.25) is 9.63 Å². The van der Waals surface area contributed by atoms with Crippen LogP contribution in [0.15, 0.2) is 24.3 Å². The van der Waals surface area contributed by atoms with Crippen molar-refractivity contribution in [3.05, 3.63) is 29.3 Å². The number of carbonyl (C=O) groups excluding carboxylic acids is 1. The van der Waals surface area contributed by atoms with E-state index < -0.39 is 5.54 Å². The molecule has 0 spiro atoms. The van der Waals surface area contributed by atoms with Crippen LogP contribution in [0.5, 0.6) is 0 Å². The summed E-state index contributed by atoms with van der Waals surface area (Å²) >= 11 is 5.80. The number of hydrogen-bond acceptors (Lipinski definition) is 3. The molecule has 0 aliphatic carbocycles. The topological polar surface area (TPSA) is 41.6 Å². The van der Waals surface area contributed by atoms with Gasteiger partial charge in [0.15, 0.2) is 0 Å². The van der Waals surface area contributed by atoms with Crippen LogP contribution in [-0.4, -0.2) is 30.7 Å². The summed E-state index contributed by atoms with van der Waals surface area (Å²) in [6.07, 6.45) is 0. The van der Waals surface area contributed by atoms with Crippen molar-refractivity contribution in [2.24, 2.45) is 0 Å². The normalized spacial score (nSPS) is 11.1. The number of hydrogen-bond donors (Lipinski definition) is 1. The van der Waals surface area contributed by atoms with Crippen LogP contribution >= 0.6 is 11.6 Å². The number of nitrogens with zero attached hydrogens (tertiary/aromatic N) is 1. The Morgan fingerprint density at radius 3 is 2.35 bits per heavy atom. The van der Waals surface area contributed by atoms with Gasteiger partial charge in [-0.2, -0.15) is 0 Å². The van der Waals surface area contributed by atoms with Crippen molar-refractivity contribution in [2.45, 2.75) is 19.4 Å². The fourth-order valence-corrected chi connectivity index (χ4v) is 1.55. The third-order valence-corrected chi connectivity index (χ3v) is 2.65. The smallest absolute Gasteiger partial charge is 0.270 e. The number of anilines is 1. The number of amides is 1. The molecule has 4 nitrogen and oxygen atoms in total. The van der Waals surface area contributed by atoms with E-state index in [0.29, 0.717) is 5.02 Å². The van der Waals surface area contributed by atoms with Crippen LogP contribution < -0.4 is 5.32 Å².